The molecule has 1 unspecified atom stereocenters. The van der Waals surface area contributed by atoms with Gasteiger partial charge in [0, 0.05) is 24.4 Å². The first kappa shape index (κ1) is 17.8. The molecule has 0 aliphatic heterocycles. The number of benzene rings is 1. The zero-order chi connectivity index (χ0) is 18.9. The molecule has 0 saturated heterocycles. The summed E-state index contributed by atoms with van der Waals surface area (Å²) in [7, 11) is 0. The fourth-order valence-electron chi connectivity index (χ4n) is 2.42. The molecule has 0 saturated carbocycles. The number of aromatic nitrogens is 3. The Morgan fingerprint density at radius 3 is 2.69 bits per heavy atom. The van der Waals surface area contributed by atoms with Gasteiger partial charge in [0.25, 0.3) is 0 Å². The van der Waals surface area contributed by atoms with Crippen molar-refractivity contribution in [2.75, 3.05) is 11.9 Å². The second-order valence-electron chi connectivity index (χ2n) is 5.59. The number of halogens is 3. The largest absolute Gasteiger partial charge is 0.573 e. The number of nitrogens with zero attached hydrogens (tertiary/aromatic N) is 3. The maximum atomic E-state index is 12.3. The van der Waals surface area contributed by atoms with Crippen molar-refractivity contribution in [2.45, 2.75) is 19.4 Å². The summed E-state index contributed by atoms with van der Waals surface area (Å²) in [5, 5.41) is 30.5. The zero-order valence-electron chi connectivity index (χ0n) is 13.5. The number of nitrogens with one attached hydrogen (secondary N) is 1. The summed E-state index contributed by atoms with van der Waals surface area (Å²) in [6.07, 6.45) is -3.73. The molecule has 0 amide bonds. The van der Waals surface area contributed by atoms with Crippen LogP contribution in [0.25, 0.3) is 16.8 Å². The second kappa shape index (κ2) is 6.71. The molecule has 0 bridgehead atoms. The number of aliphatic hydroxyl groups is 1. The zero-order valence-corrected chi connectivity index (χ0v) is 13.5. The lowest BCUT2D eigenvalue weighted by molar-refractivity contribution is -0.274. The van der Waals surface area contributed by atoms with Gasteiger partial charge in [0.15, 0.2) is 0 Å². The number of hydrogen-bond donors (Lipinski definition) is 3. The lowest BCUT2D eigenvalue weighted by Gasteiger charge is -2.13. The molecule has 0 aliphatic rings. The van der Waals surface area contributed by atoms with E-state index in [1.807, 2.05) is 0 Å². The van der Waals surface area contributed by atoms with Gasteiger partial charge < -0.3 is 20.3 Å². The topological polar surface area (TPSA) is 91.9 Å². The van der Waals surface area contributed by atoms with Crippen molar-refractivity contribution in [2.24, 2.45) is 0 Å². The molecule has 0 fully saturated rings. The summed E-state index contributed by atoms with van der Waals surface area (Å²) in [6.45, 7) is 1.88. The third-order valence-corrected chi connectivity index (χ3v) is 3.48. The van der Waals surface area contributed by atoms with E-state index in [1.54, 1.807) is 29.7 Å². The van der Waals surface area contributed by atoms with E-state index in [-0.39, 0.29) is 17.8 Å². The smallest absolute Gasteiger partial charge is 0.507 e. The van der Waals surface area contributed by atoms with Crippen LogP contribution in [-0.2, 0) is 0 Å². The number of phenols is 1. The van der Waals surface area contributed by atoms with Crippen molar-refractivity contribution >= 4 is 11.5 Å². The van der Waals surface area contributed by atoms with Crippen molar-refractivity contribution in [3.8, 4) is 22.8 Å². The Morgan fingerprint density at radius 2 is 2.04 bits per heavy atom. The lowest BCUT2D eigenvalue weighted by Crippen LogP contribution is -2.18. The van der Waals surface area contributed by atoms with Crippen LogP contribution >= 0.6 is 0 Å². The third kappa shape index (κ3) is 3.80. The predicted octanol–water partition coefficient (Wildman–Crippen LogP) is 2.79. The quantitative estimate of drug-likeness (QED) is 0.641. The van der Waals surface area contributed by atoms with Crippen LogP contribution in [0.2, 0.25) is 0 Å². The number of ether oxygens (including phenoxy) is 1. The van der Waals surface area contributed by atoms with Gasteiger partial charge in [-0.05, 0) is 31.2 Å². The van der Waals surface area contributed by atoms with E-state index >= 15 is 0 Å². The van der Waals surface area contributed by atoms with E-state index < -0.39 is 24.0 Å². The molecule has 3 N–H and O–H groups in total. The molecule has 2 aromatic heterocycles. The predicted molar refractivity (Wildman–Crippen MR) is 86.9 cm³/mol. The third-order valence-electron chi connectivity index (χ3n) is 3.48. The molecule has 2 heterocycles. The van der Waals surface area contributed by atoms with Crippen LogP contribution in [0.1, 0.15) is 6.92 Å². The summed E-state index contributed by atoms with van der Waals surface area (Å²) in [5.74, 6) is -0.576. The fourth-order valence-corrected chi connectivity index (χ4v) is 2.42. The van der Waals surface area contributed by atoms with Crippen molar-refractivity contribution in [1.82, 2.24) is 14.6 Å². The van der Waals surface area contributed by atoms with Crippen LogP contribution in [-0.4, -0.2) is 43.8 Å². The minimum Gasteiger partial charge on any atom is -0.507 e. The number of anilines is 1. The standard InChI is InChI=1S/C16H15F3N4O3/c1-9(24)8-20-15-22-21-14(12-3-2-6-23(12)15)11-5-4-10(7-13(11)25)26-16(17,18)19/h2-7,9,24-25H,8H2,1H3,(H,20,22). The van der Waals surface area contributed by atoms with E-state index in [9.17, 15) is 23.4 Å². The first-order chi connectivity index (χ1) is 12.2. The van der Waals surface area contributed by atoms with E-state index in [0.29, 0.717) is 11.5 Å². The molecule has 1 atom stereocenters. The first-order valence-electron chi connectivity index (χ1n) is 7.59. The Balaban J connectivity index is 1.98. The minimum absolute atomic E-state index is 0.206. The number of aromatic hydroxyl groups is 1. The summed E-state index contributed by atoms with van der Waals surface area (Å²) in [6, 6.07) is 6.67. The number of phenolic OH excluding ortho intramolecular Hbond substituents is 1. The normalized spacial score (nSPS) is 13.0. The number of hydrogen-bond acceptors (Lipinski definition) is 6. The highest BCUT2D eigenvalue weighted by molar-refractivity contribution is 5.81. The van der Waals surface area contributed by atoms with Gasteiger partial charge in [0.05, 0.1) is 11.6 Å². The van der Waals surface area contributed by atoms with Crippen LogP contribution in [0.5, 0.6) is 11.5 Å². The van der Waals surface area contributed by atoms with Crippen LogP contribution in [0, 0.1) is 0 Å². The summed E-state index contributed by atoms with van der Waals surface area (Å²) in [4.78, 5) is 0. The van der Waals surface area contributed by atoms with Gasteiger partial charge in [-0.2, -0.15) is 0 Å². The highest BCUT2D eigenvalue weighted by Crippen LogP contribution is 2.35. The average Bonchev–Trinajstić information content (AvgIpc) is 3.01. The second-order valence-corrected chi connectivity index (χ2v) is 5.59. The molecule has 26 heavy (non-hydrogen) atoms. The number of fused-ring (bicyclic) bond motifs is 1. The van der Waals surface area contributed by atoms with E-state index in [1.165, 1.54) is 6.07 Å². The van der Waals surface area contributed by atoms with Gasteiger partial charge in [-0.3, -0.25) is 4.40 Å². The van der Waals surface area contributed by atoms with Gasteiger partial charge in [-0.25, -0.2) is 0 Å². The molecule has 0 aliphatic carbocycles. The van der Waals surface area contributed by atoms with E-state index in [4.69, 9.17) is 0 Å². The Hall–Kier alpha value is -3.01. The number of alkyl halides is 3. The summed E-state index contributed by atoms with van der Waals surface area (Å²) in [5.41, 5.74) is 1.07. The van der Waals surface area contributed by atoms with E-state index in [2.05, 4.69) is 20.3 Å². The van der Waals surface area contributed by atoms with Crippen LogP contribution in [0.4, 0.5) is 19.1 Å². The number of aliphatic hydroxyl groups excluding tert-OH is 1. The monoisotopic (exact) mass is 368 g/mol. The lowest BCUT2D eigenvalue weighted by atomic mass is 10.1. The van der Waals surface area contributed by atoms with Crippen LogP contribution < -0.4 is 10.1 Å². The Bertz CT molecular complexity index is 925. The fraction of sp³-hybridized carbons (Fsp3) is 0.250. The van der Waals surface area contributed by atoms with Crippen LogP contribution in [0.15, 0.2) is 36.5 Å². The highest BCUT2D eigenvalue weighted by Gasteiger charge is 2.31. The Kier molecular flexibility index (Phi) is 4.60. The molecule has 3 aromatic rings. The van der Waals surface area contributed by atoms with Gasteiger partial charge in [-0.1, -0.05) is 0 Å². The van der Waals surface area contributed by atoms with Gasteiger partial charge in [0.2, 0.25) is 5.95 Å². The van der Waals surface area contributed by atoms with Crippen LogP contribution in [0.3, 0.4) is 0 Å². The Morgan fingerprint density at radius 1 is 1.27 bits per heavy atom. The van der Waals surface area contributed by atoms with E-state index in [0.717, 1.165) is 12.1 Å². The minimum atomic E-state index is -4.85. The molecule has 1 aromatic carbocycles. The SMILES string of the molecule is CC(O)CNc1nnc(-c2ccc(OC(F)(F)F)cc2O)c2cccn12. The average molecular weight is 368 g/mol. The number of rotatable bonds is 5. The first-order valence-corrected chi connectivity index (χ1v) is 7.59. The molecule has 138 valence electrons. The Labute approximate surface area is 145 Å². The summed E-state index contributed by atoms with van der Waals surface area (Å²) < 4.78 is 42.3. The van der Waals surface area contributed by atoms with Crippen molar-refractivity contribution in [3.63, 3.8) is 0 Å². The molecule has 7 nitrogen and oxygen atoms in total. The molecule has 3 rings (SSSR count). The van der Waals surface area contributed by atoms with Crippen molar-refractivity contribution < 1.29 is 28.1 Å². The molecule has 10 heteroatoms. The van der Waals surface area contributed by atoms with Crippen molar-refractivity contribution in [3.05, 3.63) is 36.5 Å². The molecular formula is C16H15F3N4O3. The van der Waals surface area contributed by atoms with Gasteiger partial charge in [0.1, 0.15) is 17.2 Å². The maximum Gasteiger partial charge on any atom is 0.573 e. The molecule has 0 spiro atoms. The maximum absolute atomic E-state index is 12.3. The van der Waals surface area contributed by atoms with Gasteiger partial charge >= 0.3 is 6.36 Å². The summed E-state index contributed by atoms with van der Waals surface area (Å²) >= 11 is 0. The van der Waals surface area contributed by atoms with Crippen molar-refractivity contribution in [1.29, 1.82) is 0 Å². The van der Waals surface area contributed by atoms with Gasteiger partial charge in [-0.15, -0.1) is 23.4 Å². The molecule has 0 radical (unpaired) electrons. The highest BCUT2D eigenvalue weighted by atomic mass is 19.4. The molecular weight excluding hydrogens is 353 g/mol.